The molecule has 0 heterocycles. The molecule has 6 nitrogen and oxygen atoms in total. The molecule has 0 aromatic carbocycles. The van der Waals surface area contributed by atoms with Crippen LogP contribution in [-0.2, 0) is 28.6 Å². The lowest BCUT2D eigenvalue weighted by molar-refractivity contribution is -0.167. The second-order valence-electron chi connectivity index (χ2n) is 17.8. The van der Waals surface area contributed by atoms with E-state index in [2.05, 4.69) is 142 Å². The molecule has 0 aliphatic carbocycles. The second-order valence-corrected chi connectivity index (χ2v) is 17.8. The van der Waals surface area contributed by atoms with Crippen molar-refractivity contribution < 1.29 is 28.6 Å². The molecule has 0 amide bonds. The molecule has 0 spiro atoms. The van der Waals surface area contributed by atoms with Crippen molar-refractivity contribution in [2.45, 2.75) is 239 Å². The predicted octanol–water partition coefficient (Wildman–Crippen LogP) is 18.5. The number of hydrogen-bond acceptors (Lipinski definition) is 6. The minimum absolute atomic E-state index is 0.0990. The third-order valence-corrected chi connectivity index (χ3v) is 11.2. The molecule has 0 N–H and O–H groups in total. The monoisotopic (exact) mass is 941 g/mol. The Morgan fingerprint density at radius 1 is 0.309 bits per heavy atom. The first kappa shape index (κ1) is 63.8. The Hall–Kier alpha value is -4.19. The maximum absolute atomic E-state index is 12.8. The van der Waals surface area contributed by atoms with Gasteiger partial charge < -0.3 is 14.2 Å². The van der Waals surface area contributed by atoms with Gasteiger partial charge >= 0.3 is 17.9 Å². The van der Waals surface area contributed by atoms with Gasteiger partial charge in [-0.25, -0.2) is 0 Å². The van der Waals surface area contributed by atoms with E-state index in [1.165, 1.54) is 51.4 Å². The molecular weight excluding hydrogens is 841 g/mol. The quantitative estimate of drug-likeness (QED) is 0.0262. The zero-order valence-electron chi connectivity index (χ0n) is 43.8. The van der Waals surface area contributed by atoms with Crippen LogP contribution in [0.25, 0.3) is 0 Å². The fraction of sp³-hybridized carbons (Fsp3) is 0.629. The van der Waals surface area contributed by atoms with Crippen molar-refractivity contribution >= 4 is 17.9 Å². The van der Waals surface area contributed by atoms with E-state index in [1.54, 1.807) is 0 Å². The zero-order valence-corrected chi connectivity index (χ0v) is 43.8. The van der Waals surface area contributed by atoms with Crippen LogP contribution in [0.4, 0.5) is 0 Å². The molecular formula is C62H100O6. The molecule has 6 heteroatoms. The molecule has 0 saturated heterocycles. The van der Waals surface area contributed by atoms with Crippen molar-refractivity contribution in [1.29, 1.82) is 0 Å². The maximum atomic E-state index is 12.8. The molecule has 68 heavy (non-hydrogen) atoms. The fourth-order valence-electron chi connectivity index (χ4n) is 7.08. The van der Waals surface area contributed by atoms with Crippen molar-refractivity contribution in [3.05, 3.63) is 122 Å². The Kier molecular flexibility index (Phi) is 52.0. The molecule has 0 rings (SSSR count). The molecule has 0 aliphatic heterocycles. The number of unbranched alkanes of at least 4 members (excludes halogenated alkanes) is 17. The summed E-state index contributed by atoms with van der Waals surface area (Å²) in [5.41, 5.74) is 0. The van der Waals surface area contributed by atoms with Gasteiger partial charge in [0, 0.05) is 19.3 Å². The van der Waals surface area contributed by atoms with Gasteiger partial charge in [-0.1, -0.05) is 226 Å². The van der Waals surface area contributed by atoms with Gasteiger partial charge in [-0.2, -0.15) is 0 Å². The highest BCUT2D eigenvalue weighted by Crippen LogP contribution is 2.13. The van der Waals surface area contributed by atoms with Crippen molar-refractivity contribution in [2.75, 3.05) is 13.2 Å². The Morgan fingerprint density at radius 3 is 0.985 bits per heavy atom. The van der Waals surface area contributed by atoms with Crippen LogP contribution in [0.15, 0.2) is 122 Å². The number of carbonyl (C=O) groups is 3. The van der Waals surface area contributed by atoms with Crippen LogP contribution in [0, 0.1) is 0 Å². The summed E-state index contributed by atoms with van der Waals surface area (Å²) >= 11 is 0. The minimum atomic E-state index is -0.804. The highest BCUT2D eigenvalue weighted by Gasteiger charge is 2.19. The largest absolute Gasteiger partial charge is 0.462 e. The highest BCUT2D eigenvalue weighted by molar-refractivity contribution is 5.71. The fourth-order valence-corrected chi connectivity index (χ4v) is 7.08. The van der Waals surface area contributed by atoms with Gasteiger partial charge in [-0.15, -0.1) is 0 Å². The predicted molar refractivity (Wildman–Crippen MR) is 293 cm³/mol. The molecule has 1 unspecified atom stereocenters. The van der Waals surface area contributed by atoms with E-state index in [9.17, 15) is 14.4 Å². The Balaban J connectivity index is 4.38. The molecule has 0 aromatic rings. The molecule has 0 aliphatic rings. The molecule has 384 valence electrons. The summed E-state index contributed by atoms with van der Waals surface area (Å²) in [4.78, 5) is 38.0. The first-order valence-corrected chi connectivity index (χ1v) is 27.5. The van der Waals surface area contributed by atoms with E-state index in [4.69, 9.17) is 14.2 Å². The van der Waals surface area contributed by atoms with E-state index in [0.717, 1.165) is 135 Å². The number of esters is 3. The van der Waals surface area contributed by atoms with Crippen LogP contribution >= 0.6 is 0 Å². The first-order valence-electron chi connectivity index (χ1n) is 27.5. The van der Waals surface area contributed by atoms with E-state index < -0.39 is 6.10 Å². The first-order chi connectivity index (χ1) is 33.5. The van der Waals surface area contributed by atoms with E-state index >= 15 is 0 Å². The van der Waals surface area contributed by atoms with Gasteiger partial charge in [0.1, 0.15) is 13.2 Å². The van der Waals surface area contributed by atoms with Crippen LogP contribution in [-0.4, -0.2) is 37.2 Å². The van der Waals surface area contributed by atoms with Gasteiger partial charge in [-0.05, 0) is 109 Å². The maximum Gasteiger partial charge on any atom is 0.306 e. The van der Waals surface area contributed by atoms with Gasteiger partial charge in [0.25, 0.3) is 0 Å². The van der Waals surface area contributed by atoms with Gasteiger partial charge in [-0.3, -0.25) is 14.4 Å². The average Bonchev–Trinajstić information content (AvgIpc) is 3.34. The smallest absolute Gasteiger partial charge is 0.306 e. The normalized spacial score (nSPS) is 13.0. The molecule has 0 radical (unpaired) electrons. The number of ether oxygens (including phenoxy) is 3. The molecule has 0 aromatic heterocycles. The molecule has 0 fully saturated rings. The number of rotatable bonds is 48. The van der Waals surface area contributed by atoms with Crippen LogP contribution < -0.4 is 0 Å². The summed E-state index contributed by atoms with van der Waals surface area (Å²) < 4.78 is 16.7. The molecule has 0 saturated carbocycles. The summed E-state index contributed by atoms with van der Waals surface area (Å²) in [6.45, 7) is 6.38. The average molecular weight is 941 g/mol. The summed E-state index contributed by atoms with van der Waals surface area (Å²) in [5.74, 6) is -0.966. The Bertz CT molecular complexity index is 1450. The lowest BCUT2D eigenvalue weighted by Crippen LogP contribution is -2.30. The molecule has 0 bridgehead atoms. The van der Waals surface area contributed by atoms with Gasteiger partial charge in [0.15, 0.2) is 6.10 Å². The standard InChI is InChI=1S/C62H100O6/c1-4-7-10-13-16-19-22-24-25-26-27-28-29-30-31-32-33-34-35-36-37-39-40-43-46-49-52-55-61(64)67-58-59(57-66-60(63)54-51-48-45-42-21-18-15-12-9-6-3)68-62(65)56-53-50-47-44-41-38-23-20-17-14-11-8-5-2/h7,10-11,14,16,19-20,23-25,27-28,30-31,33-34,36-37,40,43,59H,4-6,8-9,12-13,15,17-18,21-22,26,29,32,35,38-39,41-42,44-58H2,1-3H3/b10-7-,14-11-,19-16-,23-20-,25-24-,28-27-,31-30-,34-33-,37-36-,43-40-. The van der Waals surface area contributed by atoms with Crippen LogP contribution in [0.5, 0.6) is 0 Å². The zero-order chi connectivity index (χ0) is 49.3. The van der Waals surface area contributed by atoms with Gasteiger partial charge in [0.2, 0.25) is 0 Å². The Labute approximate surface area is 418 Å². The second kappa shape index (κ2) is 55.4. The highest BCUT2D eigenvalue weighted by atomic mass is 16.6. The molecule has 1 atom stereocenters. The van der Waals surface area contributed by atoms with Crippen LogP contribution in [0.1, 0.15) is 233 Å². The van der Waals surface area contributed by atoms with Crippen molar-refractivity contribution in [3.8, 4) is 0 Å². The third-order valence-electron chi connectivity index (χ3n) is 11.2. The van der Waals surface area contributed by atoms with E-state index in [0.29, 0.717) is 25.7 Å². The van der Waals surface area contributed by atoms with Crippen molar-refractivity contribution in [3.63, 3.8) is 0 Å². The van der Waals surface area contributed by atoms with E-state index in [-0.39, 0.29) is 31.1 Å². The van der Waals surface area contributed by atoms with E-state index in [1.807, 2.05) is 0 Å². The third kappa shape index (κ3) is 52.8. The summed E-state index contributed by atoms with van der Waals surface area (Å²) in [6.07, 6.45) is 76.2. The summed E-state index contributed by atoms with van der Waals surface area (Å²) in [5, 5.41) is 0. The number of carbonyl (C=O) groups excluding carboxylic acids is 3. The van der Waals surface area contributed by atoms with Crippen molar-refractivity contribution in [2.24, 2.45) is 0 Å². The SMILES string of the molecule is CC/C=C\C/C=C\C/C=C\C/C=C\C/C=C\C/C=C\C/C=C\C/C=C\CCCCC(=O)OCC(COC(=O)CCCCCCCCCCCC)OC(=O)CCCCCCC/C=C\C/C=C\CCC. The van der Waals surface area contributed by atoms with Crippen LogP contribution in [0.2, 0.25) is 0 Å². The summed E-state index contributed by atoms with van der Waals surface area (Å²) in [6, 6.07) is 0. The number of allylic oxidation sites excluding steroid dienone is 20. The van der Waals surface area contributed by atoms with Crippen molar-refractivity contribution in [1.82, 2.24) is 0 Å². The van der Waals surface area contributed by atoms with Crippen LogP contribution in [0.3, 0.4) is 0 Å². The topological polar surface area (TPSA) is 78.9 Å². The lowest BCUT2D eigenvalue weighted by atomic mass is 10.1. The minimum Gasteiger partial charge on any atom is -0.462 e. The Morgan fingerprint density at radius 2 is 0.603 bits per heavy atom. The van der Waals surface area contributed by atoms with Gasteiger partial charge in [0.05, 0.1) is 0 Å². The summed E-state index contributed by atoms with van der Waals surface area (Å²) in [7, 11) is 0. The number of hydrogen-bond donors (Lipinski definition) is 0. The lowest BCUT2D eigenvalue weighted by Gasteiger charge is -2.18.